The van der Waals surface area contributed by atoms with Gasteiger partial charge in [0, 0.05) is 13.2 Å². The second-order valence-corrected chi connectivity index (χ2v) is 2.87. The molecule has 0 aromatic rings. The number of carboxylic acid groups (broad SMARTS) is 1. The topological polar surface area (TPSA) is 69.6 Å². The summed E-state index contributed by atoms with van der Waals surface area (Å²) in [5.74, 6) is -1.11. The molecule has 3 N–H and O–H groups in total. The Morgan fingerprint density at radius 2 is 2.17 bits per heavy atom. The number of hydrogen-bond acceptors (Lipinski definition) is 3. The Labute approximate surface area is 72.6 Å². The van der Waals surface area contributed by atoms with E-state index in [1.54, 1.807) is 6.92 Å². The summed E-state index contributed by atoms with van der Waals surface area (Å²) in [7, 11) is 0. The molecular formula is C8H17NO3. The van der Waals surface area contributed by atoms with Crippen LogP contribution in [0.25, 0.3) is 0 Å². The Morgan fingerprint density at radius 1 is 1.50 bits per heavy atom. The second kappa shape index (κ2) is 7.06. The van der Waals surface area contributed by atoms with E-state index in [4.69, 9.17) is 10.2 Å². The van der Waals surface area contributed by atoms with Crippen molar-refractivity contribution in [3.05, 3.63) is 0 Å². The number of aliphatic hydroxyl groups excluding tert-OH is 1. The minimum Gasteiger partial charge on any atom is -0.481 e. The van der Waals surface area contributed by atoms with Gasteiger partial charge in [-0.3, -0.25) is 4.79 Å². The first-order chi connectivity index (χ1) is 5.68. The summed E-state index contributed by atoms with van der Waals surface area (Å²) in [5, 5.41) is 20.0. The van der Waals surface area contributed by atoms with Crippen LogP contribution in [0.4, 0.5) is 0 Å². The highest BCUT2D eigenvalue weighted by molar-refractivity contribution is 5.69. The quantitative estimate of drug-likeness (QED) is 0.479. The van der Waals surface area contributed by atoms with Crippen LogP contribution in [0.2, 0.25) is 0 Å². The molecule has 0 radical (unpaired) electrons. The summed E-state index contributed by atoms with van der Waals surface area (Å²) in [6.45, 7) is 3.15. The zero-order valence-electron chi connectivity index (χ0n) is 7.42. The van der Waals surface area contributed by atoms with Crippen LogP contribution in [0, 0.1) is 5.92 Å². The summed E-state index contributed by atoms with van der Waals surface area (Å²) in [6.07, 6.45) is 1.66. The summed E-state index contributed by atoms with van der Waals surface area (Å²) >= 11 is 0. The molecule has 0 aromatic carbocycles. The third-order valence-electron chi connectivity index (χ3n) is 1.63. The van der Waals surface area contributed by atoms with Gasteiger partial charge >= 0.3 is 5.97 Å². The molecule has 0 aliphatic carbocycles. The molecule has 0 fully saturated rings. The zero-order valence-corrected chi connectivity index (χ0v) is 7.42. The van der Waals surface area contributed by atoms with Crippen LogP contribution in [0.15, 0.2) is 0 Å². The van der Waals surface area contributed by atoms with Crippen molar-refractivity contribution < 1.29 is 15.0 Å². The molecule has 4 nitrogen and oxygen atoms in total. The molecular weight excluding hydrogens is 158 g/mol. The Kier molecular flexibility index (Phi) is 6.70. The third kappa shape index (κ3) is 6.12. The average Bonchev–Trinajstić information content (AvgIpc) is 2.03. The Morgan fingerprint density at radius 3 is 2.67 bits per heavy atom. The molecule has 0 amide bonds. The van der Waals surface area contributed by atoms with Crippen molar-refractivity contribution in [2.75, 3.05) is 19.7 Å². The van der Waals surface area contributed by atoms with Gasteiger partial charge in [0.2, 0.25) is 0 Å². The molecule has 4 heteroatoms. The van der Waals surface area contributed by atoms with Gasteiger partial charge in [0.25, 0.3) is 0 Å². The van der Waals surface area contributed by atoms with Gasteiger partial charge in [0.15, 0.2) is 0 Å². The molecule has 0 spiro atoms. The first kappa shape index (κ1) is 11.4. The Bertz CT molecular complexity index is 127. The van der Waals surface area contributed by atoms with Crippen molar-refractivity contribution in [3.63, 3.8) is 0 Å². The van der Waals surface area contributed by atoms with Gasteiger partial charge in [0.1, 0.15) is 0 Å². The lowest BCUT2D eigenvalue weighted by Crippen LogP contribution is -2.27. The van der Waals surface area contributed by atoms with E-state index in [0.29, 0.717) is 6.54 Å². The van der Waals surface area contributed by atoms with Crippen molar-refractivity contribution in [3.8, 4) is 0 Å². The van der Waals surface area contributed by atoms with Crippen LogP contribution in [0.3, 0.4) is 0 Å². The highest BCUT2D eigenvalue weighted by atomic mass is 16.4. The van der Waals surface area contributed by atoms with E-state index in [2.05, 4.69) is 5.32 Å². The normalized spacial score (nSPS) is 12.8. The highest BCUT2D eigenvalue weighted by Crippen LogP contribution is 1.91. The summed E-state index contributed by atoms with van der Waals surface area (Å²) < 4.78 is 0. The number of carboxylic acids is 1. The molecule has 0 rings (SSSR count). The highest BCUT2D eigenvalue weighted by Gasteiger charge is 2.08. The van der Waals surface area contributed by atoms with E-state index < -0.39 is 5.97 Å². The van der Waals surface area contributed by atoms with Gasteiger partial charge in [-0.05, 0) is 19.4 Å². The molecule has 0 aliphatic rings. The van der Waals surface area contributed by atoms with Crippen molar-refractivity contribution in [2.24, 2.45) is 5.92 Å². The smallest absolute Gasteiger partial charge is 0.307 e. The molecule has 1 unspecified atom stereocenters. The minimum absolute atomic E-state index is 0.205. The van der Waals surface area contributed by atoms with E-state index >= 15 is 0 Å². The summed E-state index contributed by atoms with van der Waals surface area (Å²) in [5.41, 5.74) is 0. The van der Waals surface area contributed by atoms with E-state index in [0.717, 1.165) is 19.4 Å². The largest absolute Gasteiger partial charge is 0.481 e. The standard InChI is InChI=1S/C8H17NO3/c1-7(8(11)12)6-9-4-2-3-5-10/h7,9-10H,2-6H2,1H3,(H,11,12). The van der Waals surface area contributed by atoms with E-state index in [1.165, 1.54) is 0 Å². The Balaban J connectivity index is 3.14. The predicted molar refractivity (Wildman–Crippen MR) is 46.0 cm³/mol. The maximum atomic E-state index is 10.3. The zero-order chi connectivity index (χ0) is 9.40. The van der Waals surface area contributed by atoms with Gasteiger partial charge in [-0.1, -0.05) is 6.92 Å². The average molecular weight is 175 g/mol. The van der Waals surface area contributed by atoms with Crippen LogP contribution in [-0.2, 0) is 4.79 Å². The number of hydrogen-bond donors (Lipinski definition) is 3. The predicted octanol–water partition coefficient (Wildman–Crippen LogP) is 0.0692. The lowest BCUT2D eigenvalue weighted by atomic mass is 10.2. The van der Waals surface area contributed by atoms with Gasteiger partial charge in [-0.15, -0.1) is 0 Å². The number of nitrogens with one attached hydrogen (secondary N) is 1. The lowest BCUT2D eigenvalue weighted by molar-refractivity contribution is -0.140. The number of rotatable bonds is 7. The van der Waals surface area contributed by atoms with E-state index in [1.807, 2.05) is 0 Å². The van der Waals surface area contributed by atoms with Gasteiger partial charge in [-0.2, -0.15) is 0 Å². The first-order valence-corrected chi connectivity index (χ1v) is 4.23. The number of aliphatic hydroxyl groups is 1. The first-order valence-electron chi connectivity index (χ1n) is 4.23. The van der Waals surface area contributed by atoms with Crippen molar-refractivity contribution >= 4 is 5.97 Å². The van der Waals surface area contributed by atoms with Crippen molar-refractivity contribution in [2.45, 2.75) is 19.8 Å². The van der Waals surface area contributed by atoms with Gasteiger partial charge in [0.05, 0.1) is 5.92 Å². The molecule has 72 valence electrons. The fourth-order valence-corrected chi connectivity index (χ4v) is 0.768. The maximum absolute atomic E-state index is 10.3. The van der Waals surface area contributed by atoms with Crippen molar-refractivity contribution in [1.82, 2.24) is 5.32 Å². The number of carbonyl (C=O) groups is 1. The summed E-state index contributed by atoms with van der Waals surface area (Å²) in [4.78, 5) is 10.3. The van der Waals surface area contributed by atoms with E-state index in [-0.39, 0.29) is 12.5 Å². The maximum Gasteiger partial charge on any atom is 0.307 e. The van der Waals surface area contributed by atoms with Crippen LogP contribution >= 0.6 is 0 Å². The number of aliphatic carboxylic acids is 1. The molecule has 0 heterocycles. The molecule has 0 saturated carbocycles. The summed E-state index contributed by atoms with van der Waals surface area (Å²) in [6, 6.07) is 0. The fraction of sp³-hybridized carbons (Fsp3) is 0.875. The SMILES string of the molecule is CC(CNCCCCO)C(=O)O. The third-order valence-corrected chi connectivity index (χ3v) is 1.63. The minimum atomic E-state index is -0.773. The van der Waals surface area contributed by atoms with Gasteiger partial charge in [-0.25, -0.2) is 0 Å². The second-order valence-electron chi connectivity index (χ2n) is 2.87. The molecule has 0 bridgehead atoms. The van der Waals surface area contributed by atoms with Crippen LogP contribution < -0.4 is 5.32 Å². The molecule has 0 saturated heterocycles. The molecule has 0 aliphatic heterocycles. The van der Waals surface area contributed by atoms with Crippen LogP contribution in [0.1, 0.15) is 19.8 Å². The molecule has 0 aromatic heterocycles. The monoisotopic (exact) mass is 175 g/mol. The van der Waals surface area contributed by atoms with E-state index in [9.17, 15) is 4.79 Å². The van der Waals surface area contributed by atoms with Crippen LogP contribution in [-0.4, -0.2) is 35.9 Å². The number of unbranched alkanes of at least 4 members (excludes halogenated alkanes) is 1. The fourth-order valence-electron chi connectivity index (χ4n) is 0.768. The molecule has 12 heavy (non-hydrogen) atoms. The Hall–Kier alpha value is -0.610. The van der Waals surface area contributed by atoms with Gasteiger partial charge < -0.3 is 15.5 Å². The van der Waals surface area contributed by atoms with Crippen LogP contribution in [0.5, 0.6) is 0 Å². The van der Waals surface area contributed by atoms with Crippen molar-refractivity contribution in [1.29, 1.82) is 0 Å². The lowest BCUT2D eigenvalue weighted by Gasteiger charge is -2.06. The molecule has 1 atom stereocenters.